The molecule has 1 aliphatic heterocycles. The van der Waals surface area contributed by atoms with Gasteiger partial charge in [-0.1, -0.05) is 6.92 Å². The number of nitrogens with zero attached hydrogens (tertiary/aromatic N) is 2. The molecule has 1 N–H and O–H groups in total. The summed E-state index contributed by atoms with van der Waals surface area (Å²) in [5.74, 6) is -0.0895. The van der Waals surface area contributed by atoms with E-state index in [1.54, 1.807) is 6.07 Å². The first kappa shape index (κ1) is 22.5. The van der Waals surface area contributed by atoms with Crippen molar-refractivity contribution in [2.45, 2.75) is 29.6 Å². The molecule has 1 fully saturated rings. The Hall–Kier alpha value is -2.17. The number of hydrogen-bond acceptors (Lipinski definition) is 5. The SMILES string of the molecule is CC1CCCN(c2ccc(F)cc2NS(=O)(=O)c2ccc(S(=O)(=O)N(C)C)cc2)C1. The highest BCUT2D eigenvalue weighted by atomic mass is 32.2. The number of piperidine rings is 1. The van der Waals surface area contributed by atoms with Crippen molar-refractivity contribution in [2.24, 2.45) is 5.92 Å². The minimum Gasteiger partial charge on any atom is -0.370 e. The zero-order valence-electron chi connectivity index (χ0n) is 17.2. The molecule has 7 nitrogen and oxygen atoms in total. The summed E-state index contributed by atoms with van der Waals surface area (Å²) in [6.07, 6.45) is 2.08. The van der Waals surface area contributed by atoms with E-state index in [1.165, 1.54) is 44.4 Å². The van der Waals surface area contributed by atoms with Gasteiger partial charge in [-0.2, -0.15) is 0 Å². The minimum atomic E-state index is -4.04. The van der Waals surface area contributed by atoms with Crippen molar-refractivity contribution in [1.29, 1.82) is 0 Å². The summed E-state index contributed by atoms with van der Waals surface area (Å²) in [6.45, 7) is 3.65. The van der Waals surface area contributed by atoms with Crippen LogP contribution in [0.25, 0.3) is 0 Å². The number of benzene rings is 2. The third-order valence-corrected chi connectivity index (χ3v) is 8.32. The van der Waals surface area contributed by atoms with E-state index >= 15 is 0 Å². The summed E-state index contributed by atoms with van der Waals surface area (Å²) in [5.41, 5.74) is 0.785. The first-order chi connectivity index (χ1) is 14.0. The van der Waals surface area contributed by atoms with Gasteiger partial charge in [0.15, 0.2) is 0 Å². The first-order valence-corrected chi connectivity index (χ1v) is 12.5. The van der Waals surface area contributed by atoms with Crippen LogP contribution in [0.2, 0.25) is 0 Å². The fraction of sp³-hybridized carbons (Fsp3) is 0.400. The Balaban J connectivity index is 1.91. The second-order valence-corrected chi connectivity index (χ2v) is 11.6. The summed E-state index contributed by atoms with van der Waals surface area (Å²) in [7, 11) is -4.91. The minimum absolute atomic E-state index is 0.0137. The van der Waals surface area contributed by atoms with Gasteiger partial charge in [-0.05, 0) is 55.2 Å². The molecule has 3 rings (SSSR count). The van der Waals surface area contributed by atoms with E-state index in [0.717, 1.165) is 36.3 Å². The molecule has 1 aliphatic rings. The van der Waals surface area contributed by atoms with Gasteiger partial charge in [0.2, 0.25) is 10.0 Å². The van der Waals surface area contributed by atoms with Gasteiger partial charge in [-0.15, -0.1) is 0 Å². The number of halogens is 1. The van der Waals surface area contributed by atoms with Crippen molar-refractivity contribution in [3.8, 4) is 0 Å². The zero-order valence-corrected chi connectivity index (χ0v) is 18.8. The Morgan fingerprint density at radius 3 is 2.27 bits per heavy atom. The Morgan fingerprint density at radius 1 is 1.03 bits per heavy atom. The maximum Gasteiger partial charge on any atom is 0.261 e. The zero-order chi connectivity index (χ0) is 22.1. The molecular weight excluding hydrogens is 429 g/mol. The highest BCUT2D eigenvalue weighted by Gasteiger charge is 2.23. The topological polar surface area (TPSA) is 86.8 Å². The van der Waals surface area contributed by atoms with Gasteiger partial charge in [0.25, 0.3) is 10.0 Å². The second-order valence-electron chi connectivity index (χ2n) is 7.72. The molecule has 0 bridgehead atoms. The predicted molar refractivity (Wildman–Crippen MR) is 115 cm³/mol. The van der Waals surface area contributed by atoms with E-state index in [9.17, 15) is 21.2 Å². The lowest BCUT2D eigenvalue weighted by Gasteiger charge is -2.34. The Morgan fingerprint density at radius 2 is 1.67 bits per heavy atom. The van der Waals surface area contributed by atoms with Gasteiger partial charge < -0.3 is 4.90 Å². The lowest BCUT2D eigenvalue weighted by molar-refractivity contribution is 0.447. The van der Waals surface area contributed by atoms with Crippen molar-refractivity contribution in [3.05, 3.63) is 48.3 Å². The molecule has 2 aromatic carbocycles. The number of hydrogen-bond donors (Lipinski definition) is 1. The van der Waals surface area contributed by atoms with Gasteiger partial charge >= 0.3 is 0 Å². The number of anilines is 2. The van der Waals surface area contributed by atoms with Gasteiger partial charge in [-0.3, -0.25) is 4.72 Å². The summed E-state index contributed by atoms with van der Waals surface area (Å²) < 4.78 is 67.6. The lowest BCUT2D eigenvalue weighted by atomic mass is 9.99. The van der Waals surface area contributed by atoms with Crippen LogP contribution in [0.1, 0.15) is 19.8 Å². The van der Waals surface area contributed by atoms with Crippen LogP contribution in [0.4, 0.5) is 15.8 Å². The summed E-state index contributed by atoms with van der Waals surface area (Å²) in [5, 5.41) is 0. The van der Waals surface area contributed by atoms with Gasteiger partial charge in [-0.25, -0.2) is 25.5 Å². The molecule has 0 spiro atoms. The summed E-state index contributed by atoms with van der Waals surface area (Å²) in [4.78, 5) is 1.93. The van der Waals surface area contributed by atoms with Gasteiger partial charge in [0, 0.05) is 33.3 Å². The molecular formula is C20H26FN3O4S2. The standard InChI is InChI=1S/C20H26FN3O4S2/c1-15-5-4-12-24(14-15)20-11-6-16(21)13-19(20)22-29(25,26)17-7-9-18(10-8-17)30(27,28)23(2)3/h6-11,13,15,22H,4-5,12,14H2,1-3H3. The molecule has 0 aromatic heterocycles. The van der Waals surface area contributed by atoms with Crippen molar-refractivity contribution >= 4 is 31.4 Å². The highest BCUT2D eigenvalue weighted by molar-refractivity contribution is 7.92. The Bertz CT molecular complexity index is 1120. The van der Waals surface area contributed by atoms with Crippen LogP contribution in [0.15, 0.2) is 52.3 Å². The predicted octanol–water partition coefficient (Wildman–Crippen LogP) is 3.11. The third kappa shape index (κ3) is 4.76. The van der Waals surface area contributed by atoms with E-state index in [1.807, 2.05) is 0 Å². The van der Waals surface area contributed by atoms with Gasteiger partial charge in [0.05, 0.1) is 21.2 Å². The van der Waals surface area contributed by atoms with Crippen molar-refractivity contribution < 1.29 is 21.2 Å². The fourth-order valence-electron chi connectivity index (χ4n) is 3.48. The maximum absolute atomic E-state index is 13.9. The van der Waals surface area contributed by atoms with Gasteiger partial charge in [0.1, 0.15) is 5.82 Å². The molecule has 2 aromatic rings. The molecule has 30 heavy (non-hydrogen) atoms. The Labute approximate surface area is 177 Å². The molecule has 0 aliphatic carbocycles. The monoisotopic (exact) mass is 455 g/mol. The molecule has 1 heterocycles. The molecule has 10 heteroatoms. The van der Waals surface area contributed by atoms with E-state index in [4.69, 9.17) is 0 Å². The van der Waals surface area contributed by atoms with Crippen molar-refractivity contribution in [3.63, 3.8) is 0 Å². The molecule has 1 atom stereocenters. The molecule has 164 valence electrons. The molecule has 1 saturated heterocycles. The van der Waals surface area contributed by atoms with Crippen LogP contribution in [-0.4, -0.2) is 48.3 Å². The van der Waals surface area contributed by atoms with Crippen LogP contribution >= 0.6 is 0 Å². The number of sulfonamides is 2. The molecule has 0 amide bonds. The normalized spacial score (nSPS) is 17.9. The Kier molecular flexibility index (Phi) is 6.40. The third-order valence-electron chi connectivity index (χ3n) is 5.11. The first-order valence-electron chi connectivity index (χ1n) is 9.60. The molecule has 0 radical (unpaired) electrons. The maximum atomic E-state index is 13.9. The largest absolute Gasteiger partial charge is 0.370 e. The highest BCUT2D eigenvalue weighted by Crippen LogP contribution is 2.32. The van der Waals surface area contributed by atoms with Crippen LogP contribution in [-0.2, 0) is 20.0 Å². The molecule has 1 unspecified atom stereocenters. The van der Waals surface area contributed by atoms with E-state index in [0.29, 0.717) is 11.6 Å². The summed E-state index contributed by atoms with van der Waals surface area (Å²) >= 11 is 0. The van der Waals surface area contributed by atoms with E-state index in [-0.39, 0.29) is 15.5 Å². The van der Waals surface area contributed by atoms with Crippen LogP contribution < -0.4 is 9.62 Å². The van der Waals surface area contributed by atoms with Crippen LogP contribution in [0, 0.1) is 11.7 Å². The lowest BCUT2D eigenvalue weighted by Crippen LogP contribution is -2.35. The number of nitrogens with one attached hydrogen (secondary N) is 1. The number of rotatable bonds is 6. The van der Waals surface area contributed by atoms with E-state index in [2.05, 4.69) is 16.5 Å². The second kappa shape index (κ2) is 8.52. The van der Waals surface area contributed by atoms with Crippen molar-refractivity contribution in [1.82, 2.24) is 4.31 Å². The molecule has 0 saturated carbocycles. The van der Waals surface area contributed by atoms with Crippen LogP contribution in [0.5, 0.6) is 0 Å². The average Bonchev–Trinajstić information content (AvgIpc) is 2.68. The summed E-state index contributed by atoms with van der Waals surface area (Å²) in [6, 6.07) is 8.98. The quantitative estimate of drug-likeness (QED) is 0.723. The van der Waals surface area contributed by atoms with E-state index < -0.39 is 25.9 Å². The van der Waals surface area contributed by atoms with Crippen LogP contribution in [0.3, 0.4) is 0 Å². The smallest absolute Gasteiger partial charge is 0.261 e. The van der Waals surface area contributed by atoms with Crippen molar-refractivity contribution in [2.75, 3.05) is 36.8 Å². The fourth-order valence-corrected chi connectivity index (χ4v) is 5.45. The average molecular weight is 456 g/mol.